The highest BCUT2D eigenvalue weighted by Gasteiger charge is 2.19. The van der Waals surface area contributed by atoms with E-state index in [9.17, 15) is 14.7 Å². The fourth-order valence-electron chi connectivity index (χ4n) is 4.87. The minimum atomic E-state index is -1.09. The smallest absolute Gasteiger partial charge is 0.341 e. The predicted octanol–water partition coefficient (Wildman–Crippen LogP) is 6.39. The van der Waals surface area contributed by atoms with Crippen LogP contribution >= 0.6 is 0 Å². The van der Waals surface area contributed by atoms with Gasteiger partial charge in [0.1, 0.15) is 11.5 Å². The maximum atomic E-state index is 13.9. The van der Waals surface area contributed by atoms with E-state index in [1.165, 1.54) is 10.9 Å². The molecule has 0 unspecified atom stereocenters. The number of hydrogen-bond donors (Lipinski definition) is 1. The van der Waals surface area contributed by atoms with Gasteiger partial charge in [-0.05, 0) is 72.0 Å². The molecule has 0 aliphatic rings. The molecule has 0 amide bonds. The number of rotatable bonds is 9. The largest absolute Gasteiger partial charge is 0.494 e. The Labute approximate surface area is 237 Å². The number of carboxylic acid groups (broad SMARTS) is 1. The topological polar surface area (TPSA) is 103 Å². The van der Waals surface area contributed by atoms with E-state index in [0.29, 0.717) is 34.6 Å². The maximum absolute atomic E-state index is 13.9. The summed E-state index contributed by atoms with van der Waals surface area (Å²) in [4.78, 5) is 30.0. The SMILES string of the molecule is CCOc1cc(C)c(-c2nc3ccccc3c(=O)n2N=Cc2c(OCC(=O)O)ccc3ccccc23)cc1C(C)C. The van der Waals surface area contributed by atoms with Crippen molar-refractivity contribution >= 4 is 33.9 Å². The van der Waals surface area contributed by atoms with Crippen molar-refractivity contribution in [2.24, 2.45) is 5.10 Å². The van der Waals surface area contributed by atoms with Crippen LogP contribution in [0.25, 0.3) is 33.1 Å². The van der Waals surface area contributed by atoms with Crippen LogP contribution in [0.2, 0.25) is 0 Å². The number of nitrogens with zero attached hydrogens (tertiary/aromatic N) is 3. The molecule has 1 N–H and O–H groups in total. The van der Waals surface area contributed by atoms with Gasteiger partial charge in [-0.3, -0.25) is 4.79 Å². The summed E-state index contributed by atoms with van der Waals surface area (Å²) in [7, 11) is 0. The summed E-state index contributed by atoms with van der Waals surface area (Å²) in [6, 6.07) is 22.4. The van der Waals surface area contributed by atoms with Crippen molar-refractivity contribution in [1.82, 2.24) is 9.66 Å². The average molecular weight is 550 g/mol. The highest BCUT2D eigenvalue weighted by molar-refractivity contribution is 6.02. The molecule has 8 nitrogen and oxygen atoms in total. The van der Waals surface area contributed by atoms with Crippen molar-refractivity contribution in [2.45, 2.75) is 33.6 Å². The van der Waals surface area contributed by atoms with Crippen molar-refractivity contribution in [2.75, 3.05) is 13.2 Å². The van der Waals surface area contributed by atoms with E-state index >= 15 is 0 Å². The van der Waals surface area contributed by atoms with Gasteiger partial charge in [0, 0.05) is 11.1 Å². The summed E-state index contributed by atoms with van der Waals surface area (Å²) < 4.78 is 12.8. The Kier molecular flexibility index (Phi) is 7.83. The van der Waals surface area contributed by atoms with Crippen molar-refractivity contribution in [3.63, 3.8) is 0 Å². The first-order chi connectivity index (χ1) is 19.8. The van der Waals surface area contributed by atoms with Crippen LogP contribution in [0.4, 0.5) is 0 Å². The molecule has 41 heavy (non-hydrogen) atoms. The molecular weight excluding hydrogens is 518 g/mol. The van der Waals surface area contributed by atoms with E-state index in [1.807, 2.05) is 68.4 Å². The highest BCUT2D eigenvalue weighted by Crippen LogP contribution is 2.34. The summed E-state index contributed by atoms with van der Waals surface area (Å²) in [5.74, 6) is 0.617. The van der Waals surface area contributed by atoms with E-state index in [4.69, 9.17) is 14.5 Å². The zero-order valence-corrected chi connectivity index (χ0v) is 23.4. The third-order valence-corrected chi connectivity index (χ3v) is 6.86. The summed E-state index contributed by atoms with van der Waals surface area (Å²) in [5.41, 5.74) is 3.45. The van der Waals surface area contributed by atoms with Crippen LogP contribution in [0.1, 0.15) is 43.4 Å². The molecule has 5 rings (SSSR count). The van der Waals surface area contributed by atoms with Crippen molar-refractivity contribution in [3.8, 4) is 22.9 Å². The van der Waals surface area contributed by atoms with Gasteiger partial charge in [-0.25, -0.2) is 9.78 Å². The second kappa shape index (κ2) is 11.6. The molecule has 0 fully saturated rings. The molecule has 0 saturated heterocycles. The zero-order chi connectivity index (χ0) is 29.1. The lowest BCUT2D eigenvalue weighted by Gasteiger charge is -2.18. The van der Waals surface area contributed by atoms with E-state index in [1.54, 1.807) is 18.2 Å². The average Bonchev–Trinajstić information content (AvgIpc) is 2.96. The van der Waals surface area contributed by atoms with E-state index < -0.39 is 12.6 Å². The molecule has 4 aromatic carbocycles. The van der Waals surface area contributed by atoms with E-state index in [-0.39, 0.29) is 11.5 Å². The number of ether oxygens (including phenoxy) is 2. The predicted molar refractivity (Wildman–Crippen MR) is 162 cm³/mol. The Morgan fingerprint density at radius 1 is 1.00 bits per heavy atom. The molecule has 8 heteroatoms. The minimum Gasteiger partial charge on any atom is -0.494 e. The molecule has 0 saturated carbocycles. The lowest BCUT2D eigenvalue weighted by atomic mass is 9.96. The van der Waals surface area contributed by atoms with Gasteiger partial charge in [-0.2, -0.15) is 9.78 Å². The molecule has 1 heterocycles. The van der Waals surface area contributed by atoms with Crippen LogP contribution in [-0.4, -0.2) is 40.2 Å². The van der Waals surface area contributed by atoms with Gasteiger partial charge >= 0.3 is 5.97 Å². The molecule has 0 bridgehead atoms. The lowest BCUT2D eigenvalue weighted by Crippen LogP contribution is -2.21. The first-order valence-electron chi connectivity index (χ1n) is 13.5. The van der Waals surface area contributed by atoms with Crippen LogP contribution in [0, 0.1) is 6.92 Å². The van der Waals surface area contributed by atoms with Gasteiger partial charge in [-0.15, -0.1) is 0 Å². The molecule has 0 radical (unpaired) electrons. The quantitative estimate of drug-likeness (QED) is 0.214. The Morgan fingerprint density at radius 2 is 1.73 bits per heavy atom. The van der Waals surface area contributed by atoms with Crippen LogP contribution in [0.3, 0.4) is 0 Å². The number of benzene rings is 4. The monoisotopic (exact) mass is 549 g/mol. The zero-order valence-electron chi connectivity index (χ0n) is 23.4. The van der Waals surface area contributed by atoms with Gasteiger partial charge in [-0.1, -0.05) is 56.3 Å². The van der Waals surface area contributed by atoms with Crippen LogP contribution < -0.4 is 15.0 Å². The number of fused-ring (bicyclic) bond motifs is 2. The van der Waals surface area contributed by atoms with Crippen molar-refractivity contribution in [3.05, 3.63) is 99.8 Å². The molecule has 0 aliphatic carbocycles. The molecule has 0 aliphatic heterocycles. The van der Waals surface area contributed by atoms with Gasteiger partial charge in [0.25, 0.3) is 5.56 Å². The molecule has 5 aromatic rings. The number of aromatic nitrogens is 2. The summed E-state index contributed by atoms with van der Waals surface area (Å²) in [5, 5.41) is 16.0. The van der Waals surface area contributed by atoms with E-state index in [0.717, 1.165) is 33.2 Å². The number of para-hydroxylation sites is 1. The second-order valence-electron chi connectivity index (χ2n) is 9.99. The van der Waals surface area contributed by atoms with Gasteiger partial charge in [0.15, 0.2) is 12.4 Å². The third-order valence-electron chi connectivity index (χ3n) is 6.86. The standard InChI is InChI=1S/C33H31N3O5/c1-5-40-30-16-21(4)26(17-25(30)20(2)3)32-35-28-13-9-8-12-24(28)33(39)36(32)34-18-27-23-11-7-6-10-22(23)14-15-29(27)41-19-31(37)38/h6-18,20H,5,19H2,1-4H3,(H,37,38). The number of carboxylic acids is 1. The molecule has 208 valence electrons. The first-order valence-corrected chi connectivity index (χ1v) is 13.5. The van der Waals surface area contributed by atoms with Crippen molar-refractivity contribution in [1.29, 1.82) is 0 Å². The van der Waals surface area contributed by atoms with E-state index in [2.05, 4.69) is 18.9 Å². The number of aryl methyl sites for hydroxylation is 1. The lowest BCUT2D eigenvalue weighted by molar-refractivity contribution is -0.139. The number of carbonyl (C=O) groups is 1. The third kappa shape index (κ3) is 5.54. The summed E-state index contributed by atoms with van der Waals surface area (Å²) in [6.07, 6.45) is 1.54. The van der Waals surface area contributed by atoms with Crippen LogP contribution in [0.15, 0.2) is 82.7 Å². The number of aliphatic carboxylic acids is 1. The maximum Gasteiger partial charge on any atom is 0.341 e. The van der Waals surface area contributed by atoms with Crippen LogP contribution in [0.5, 0.6) is 11.5 Å². The summed E-state index contributed by atoms with van der Waals surface area (Å²) in [6.45, 7) is 8.13. The Bertz CT molecular complexity index is 1860. The molecular formula is C33H31N3O5. The van der Waals surface area contributed by atoms with Gasteiger partial charge in [0.05, 0.1) is 23.7 Å². The number of hydrogen-bond acceptors (Lipinski definition) is 6. The fraction of sp³-hybridized carbons (Fsp3) is 0.212. The van der Waals surface area contributed by atoms with Gasteiger partial charge < -0.3 is 14.6 Å². The van der Waals surface area contributed by atoms with Gasteiger partial charge in [0.2, 0.25) is 0 Å². The van der Waals surface area contributed by atoms with Crippen LogP contribution in [-0.2, 0) is 4.79 Å². The Hall–Kier alpha value is -4.98. The Morgan fingerprint density at radius 3 is 2.46 bits per heavy atom. The minimum absolute atomic E-state index is 0.171. The fourth-order valence-corrected chi connectivity index (χ4v) is 4.87. The molecule has 0 spiro atoms. The Balaban J connectivity index is 1.76. The second-order valence-corrected chi connectivity index (χ2v) is 9.99. The molecule has 0 atom stereocenters. The highest BCUT2D eigenvalue weighted by atomic mass is 16.5. The first kappa shape index (κ1) is 27.6. The molecule has 1 aromatic heterocycles. The summed E-state index contributed by atoms with van der Waals surface area (Å²) >= 11 is 0. The normalized spacial score (nSPS) is 11.5. The van der Waals surface area contributed by atoms with Crippen molar-refractivity contribution < 1.29 is 19.4 Å².